The minimum absolute atomic E-state index is 0.00984. The lowest BCUT2D eigenvalue weighted by molar-refractivity contribution is -0.697. The van der Waals surface area contributed by atoms with Gasteiger partial charge >= 0.3 is 0 Å². The lowest BCUT2D eigenvalue weighted by Gasteiger charge is -2.37. The molecule has 0 spiro atoms. The lowest BCUT2D eigenvalue weighted by Crippen LogP contribution is -2.38. The van der Waals surface area contributed by atoms with E-state index in [-0.39, 0.29) is 5.41 Å². The third-order valence-electron chi connectivity index (χ3n) is 11.0. The average Bonchev–Trinajstić information content (AvgIpc) is 3.58. The summed E-state index contributed by atoms with van der Waals surface area (Å²) < 4.78 is 5.05. The van der Waals surface area contributed by atoms with E-state index in [1.54, 1.807) is 0 Å². The van der Waals surface area contributed by atoms with Crippen molar-refractivity contribution < 1.29 is 4.57 Å². The molecule has 1 aromatic heterocycles. The molecule has 48 heavy (non-hydrogen) atoms. The summed E-state index contributed by atoms with van der Waals surface area (Å²) in [4.78, 5) is 0. The van der Waals surface area contributed by atoms with Gasteiger partial charge in [-0.15, -0.1) is 0 Å². The molecule has 0 aliphatic heterocycles. The number of hydrogen-bond donors (Lipinski definition) is 0. The summed E-state index contributed by atoms with van der Waals surface area (Å²) in [6.45, 7) is 8.28. The molecule has 2 heteroatoms. The Bertz CT molecular complexity index is 1140. The molecule has 0 radical (unpaired) electrons. The Labute approximate surface area is 298 Å². The van der Waals surface area contributed by atoms with E-state index in [1.807, 2.05) is 0 Å². The van der Waals surface area contributed by atoms with Gasteiger partial charge in [0.1, 0.15) is 18.4 Å². The van der Waals surface area contributed by atoms with Crippen LogP contribution < -0.4 is 4.57 Å². The minimum atomic E-state index is 0.00984. The van der Waals surface area contributed by atoms with E-state index in [0.29, 0.717) is 6.04 Å². The number of nitrogens with zero attached hydrogens (tertiary/aromatic N) is 2. The fourth-order valence-electron chi connectivity index (χ4n) is 7.91. The molecule has 0 bridgehead atoms. The van der Waals surface area contributed by atoms with Gasteiger partial charge in [-0.3, -0.25) is 0 Å². The van der Waals surface area contributed by atoms with E-state index in [9.17, 15) is 0 Å². The quantitative estimate of drug-likeness (QED) is 0.0499. The second-order valence-corrected chi connectivity index (χ2v) is 15.3. The molecule has 0 N–H and O–H groups in total. The molecular weight excluding hydrogens is 581 g/mol. The molecule has 3 aromatic rings. The van der Waals surface area contributed by atoms with Gasteiger partial charge in [-0.05, 0) is 43.2 Å². The van der Waals surface area contributed by atoms with Crippen molar-refractivity contribution in [3.8, 4) is 0 Å². The van der Waals surface area contributed by atoms with Crippen molar-refractivity contribution in [1.29, 1.82) is 0 Å². The van der Waals surface area contributed by atoms with Crippen molar-refractivity contribution in [3.05, 3.63) is 90.5 Å². The molecule has 0 amide bonds. The first-order valence-corrected chi connectivity index (χ1v) is 20.8. The summed E-state index contributed by atoms with van der Waals surface area (Å²) in [6, 6.07) is 23.0. The fraction of sp³-hybridized carbons (Fsp3) is 0.674. The van der Waals surface area contributed by atoms with Crippen molar-refractivity contribution in [2.24, 2.45) is 0 Å². The number of unbranched alkanes of at least 4 members (excludes halogenated alkanes) is 21. The molecule has 3 rings (SSSR count). The zero-order chi connectivity index (χ0) is 34.0. The Balaban J connectivity index is 1.47. The van der Waals surface area contributed by atoms with Crippen LogP contribution in [0, 0.1) is 0 Å². The first-order valence-electron chi connectivity index (χ1n) is 20.8. The molecule has 1 heterocycles. The predicted molar refractivity (Wildman–Crippen MR) is 210 cm³/mol. The van der Waals surface area contributed by atoms with Gasteiger partial charge in [-0.25, -0.2) is 9.13 Å². The molecule has 268 valence electrons. The van der Waals surface area contributed by atoms with Gasteiger partial charge in [0.25, 0.3) is 0 Å². The van der Waals surface area contributed by atoms with Gasteiger partial charge in [0.05, 0.1) is 6.54 Å². The van der Waals surface area contributed by atoms with Crippen molar-refractivity contribution in [2.45, 2.75) is 199 Å². The highest BCUT2D eigenvalue weighted by molar-refractivity contribution is 5.30. The summed E-state index contributed by atoms with van der Waals surface area (Å²) in [6.07, 6.45) is 41.7. The van der Waals surface area contributed by atoms with Crippen LogP contribution >= 0.6 is 0 Å². The lowest BCUT2D eigenvalue weighted by atomic mass is 9.70. The Morgan fingerprint density at radius 2 is 0.979 bits per heavy atom. The second kappa shape index (κ2) is 25.6. The number of rotatable bonds is 30. The highest BCUT2D eigenvalue weighted by Gasteiger charge is 2.40. The van der Waals surface area contributed by atoms with Crippen molar-refractivity contribution in [1.82, 2.24) is 4.57 Å². The van der Waals surface area contributed by atoms with E-state index >= 15 is 0 Å². The first-order chi connectivity index (χ1) is 23.7. The van der Waals surface area contributed by atoms with Gasteiger partial charge in [0.2, 0.25) is 6.33 Å². The number of imidazole rings is 1. The monoisotopic (exact) mass is 656 g/mol. The molecule has 0 saturated heterocycles. The smallest absolute Gasteiger partial charge is 0.237 e. The third kappa shape index (κ3) is 15.9. The Hall–Kier alpha value is -2.35. The molecule has 0 saturated carbocycles. The molecule has 2 atom stereocenters. The van der Waals surface area contributed by atoms with Crippen molar-refractivity contribution >= 4 is 0 Å². The Kier molecular flexibility index (Phi) is 21.4. The SMILES string of the molecule is CCCCCCCCCCCCCCCCCC[n+]1ccn(C(CCCCCCCCC)C(C)(Cc2ccccc2)c2ccccc2)c1. The number of aryl methyl sites for hydroxylation is 1. The maximum absolute atomic E-state index is 2.58. The Morgan fingerprint density at radius 1 is 0.542 bits per heavy atom. The molecule has 0 aliphatic carbocycles. The molecule has 0 aliphatic rings. The minimum Gasteiger partial charge on any atom is -0.237 e. The summed E-state index contributed by atoms with van der Waals surface area (Å²) in [7, 11) is 0. The summed E-state index contributed by atoms with van der Waals surface area (Å²) in [5.74, 6) is 0. The maximum atomic E-state index is 2.58. The normalized spacial score (nSPS) is 13.5. The van der Waals surface area contributed by atoms with Crippen LogP contribution in [0.15, 0.2) is 79.4 Å². The van der Waals surface area contributed by atoms with Gasteiger partial charge in [0, 0.05) is 5.41 Å². The largest absolute Gasteiger partial charge is 0.244 e. The van der Waals surface area contributed by atoms with Crippen LogP contribution in [0.3, 0.4) is 0 Å². The van der Waals surface area contributed by atoms with Crippen LogP contribution in [0.2, 0.25) is 0 Å². The predicted octanol–water partition coefficient (Wildman–Crippen LogP) is 13.9. The van der Waals surface area contributed by atoms with Gasteiger partial charge in [0.15, 0.2) is 0 Å². The van der Waals surface area contributed by atoms with Crippen LogP contribution in [-0.2, 0) is 18.4 Å². The van der Waals surface area contributed by atoms with Crippen LogP contribution in [0.25, 0.3) is 0 Å². The van der Waals surface area contributed by atoms with Crippen LogP contribution in [0.1, 0.15) is 192 Å². The highest BCUT2D eigenvalue weighted by atomic mass is 15.1. The molecule has 2 aromatic carbocycles. The van der Waals surface area contributed by atoms with Crippen LogP contribution in [0.5, 0.6) is 0 Å². The van der Waals surface area contributed by atoms with Crippen LogP contribution in [0.4, 0.5) is 0 Å². The first kappa shape index (κ1) is 40.1. The summed E-state index contributed by atoms with van der Waals surface area (Å²) in [5, 5.41) is 0. The molecule has 2 unspecified atom stereocenters. The van der Waals surface area contributed by atoms with E-state index < -0.39 is 0 Å². The highest BCUT2D eigenvalue weighted by Crippen LogP contribution is 2.41. The van der Waals surface area contributed by atoms with Crippen molar-refractivity contribution in [2.75, 3.05) is 0 Å². The average molecular weight is 656 g/mol. The Morgan fingerprint density at radius 3 is 1.48 bits per heavy atom. The van der Waals surface area contributed by atoms with Crippen LogP contribution in [-0.4, -0.2) is 4.57 Å². The molecule has 2 nitrogen and oxygen atoms in total. The van der Waals surface area contributed by atoms with E-state index in [1.165, 1.54) is 165 Å². The zero-order valence-electron chi connectivity index (χ0n) is 31.9. The van der Waals surface area contributed by atoms with E-state index in [2.05, 4.69) is 109 Å². The fourth-order valence-corrected chi connectivity index (χ4v) is 7.91. The molecule has 0 fully saturated rings. The number of hydrogen-bond acceptors (Lipinski definition) is 0. The van der Waals surface area contributed by atoms with Gasteiger partial charge in [-0.2, -0.15) is 0 Å². The number of aromatic nitrogens is 2. The van der Waals surface area contributed by atoms with Crippen molar-refractivity contribution in [3.63, 3.8) is 0 Å². The van der Waals surface area contributed by atoms with Gasteiger partial charge < -0.3 is 0 Å². The second-order valence-electron chi connectivity index (χ2n) is 15.3. The maximum Gasteiger partial charge on any atom is 0.244 e. The standard InChI is InChI=1S/C46H75N2/c1-4-6-8-10-12-13-14-15-16-17-18-19-20-22-24-32-38-47-39-40-48(42-47)45(37-31-23-21-11-9-7-5-2)46(3,44-35-29-26-30-36-44)41-43-33-27-25-28-34-43/h25-30,33-36,39-40,42,45H,4-24,31-32,37-38,41H2,1-3H3/q+1. The van der Waals surface area contributed by atoms with E-state index in [0.717, 1.165) is 13.0 Å². The van der Waals surface area contributed by atoms with Gasteiger partial charge in [-0.1, -0.05) is 210 Å². The molecular formula is C46H75N2+. The summed E-state index contributed by atoms with van der Waals surface area (Å²) >= 11 is 0. The third-order valence-corrected chi connectivity index (χ3v) is 11.0. The van der Waals surface area contributed by atoms with E-state index in [4.69, 9.17) is 0 Å². The summed E-state index contributed by atoms with van der Waals surface area (Å²) in [5.41, 5.74) is 2.90. The zero-order valence-corrected chi connectivity index (χ0v) is 31.9. The topological polar surface area (TPSA) is 8.81 Å². The number of benzene rings is 2.